The molecule has 0 aromatic rings. The van der Waals surface area contributed by atoms with Crippen LogP contribution >= 0.6 is 11.8 Å². The third kappa shape index (κ3) is 2.50. The van der Waals surface area contributed by atoms with Crippen molar-refractivity contribution in [2.45, 2.75) is 55.3 Å². The molecule has 0 radical (unpaired) electrons. The first-order valence-electron chi connectivity index (χ1n) is 11.2. The molecule has 1 spiro atoms. The smallest absolute Gasteiger partial charge is 0.151 e. The number of nitrogens with zero attached hydrogens (tertiary/aromatic N) is 4. The van der Waals surface area contributed by atoms with Crippen LogP contribution in [-0.2, 0) is 4.74 Å². The number of hydrogen-bond donors (Lipinski definition) is 2. The minimum Gasteiger partial charge on any atom is -0.388 e. The summed E-state index contributed by atoms with van der Waals surface area (Å²) in [4.78, 5) is 8.73. The van der Waals surface area contributed by atoms with Gasteiger partial charge < -0.3 is 14.7 Å². The van der Waals surface area contributed by atoms with Crippen molar-refractivity contribution in [1.29, 1.82) is 0 Å². The van der Waals surface area contributed by atoms with Gasteiger partial charge in [-0.2, -0.15) is 11.8 Å². The Morgan fingerprint density at radius 2 is 2.27 bits per heavy atom. The lowest BCUT2D eigenvalue weighted by molar-refractivity contribution is -0.128. The predicted octanol–water partition coefficient (Wildman–Crippen LogP) is 0.899. The van der Waals surface area contributed by atoms with Crippen molar-refractivity contribution in [3.05, 3.63) is 23.7 Å². The van der Waals surface area contributed by atoms with Gasteiger partial charge in [-0.15, -0.1) is 0 Å². The highest BCUT2D eigenvalue weighted by molar-refractivity contribution is 7.99. The number of nitrogens with one attached hydrogen (secondary N) is 1. The van der Waals surface area contributed by atoms with Gasteiger partial charge in [-0.05, 0) is 24.2 Å². The lowest BCUT2D eigenvalue weighted by Gasteiger charge is -2.69. The third-order valence-corrected chi connectivity index (χ3v) is 9.46. The highest BCUT2D eigenvalue weighted by Gasteiger charge is 2.66. The van der Waals surface area contributed by atoms with Gasteiger partial charge in [0, 0.05) is 49.2 Å². The molecule has 0 amide bonds. The number of aliphatic imine (C=N–C) groups is 1. The Labute approximate surface area is 180 Å². The van der Waals surface area contributed by atoms with Crippen LogP contribution in [0.2, 0.25) is 0 Å². The van der Waals surface area contributed by atoms with E-state index >= 15 is 4.39 Å². The summed E-state index contributed by atoms with van der Waals surface area (Å²) in [5.74, 6) is 4.10. The number of ether oxygens (including phenoxy) is 1. The summed E-state index contributed by atoms with van der Waals surface area (Å²) >= 11 is 2.03. The molecule has 0 aromatic carbocycles. The second-order valence-electron chi connectivity index (χ2n) is 9.80. The van der Waals surface area contributed by atoms with Crippen LogP contribution in [0.25, 0.3) is 0 Å². The molecule has 30 heavy (non-hydrogen) atoms. The lowest BCUT2D eigenvalue weighted by atomic mass is 9.58. The fourth-order valence-electron chi connectivity index (χ4n) is 6.67. The summed E-state index contributed by atoms with van der Waals surface area (Å²) in [7, 11) is 0. The van der Waals surface area contributed by atoms with E-state index in [0.717, 1.165) is 23.3 Å². The first kappa shape index (κ1) is 18.4. The molecule has 5 fully saturated rings. The zero-order valence-corrected chi connectivity index (χ0v) is 17.7. The molecule has 8 atom stereocenters. The van der Waals surface area contributed by atoms with Gasteiger partial charge >= 0.3 is 0 Å². The largest absolute Gasteiger partial charge is 0.388 e. The molecule has 8 unspecified atom stereocenters. The van der Waals surface area contributed by atoms with E-state index < -0.39 is 11.8 Å². The Hall–Kier alpha value is -1.13. The number of hydrogen-bond acceptors (Lipinski definition) is 8. The predicted molar refractivity (Wildman–Crippen MR) is 112 cm³/mol. The average Bonchev–Trinajstić information content (AvgIpc) is 3.05. The van der Waals surface area contributed by atoms with Gasteiger partial charge in [0.1, 0.15) is 24.9 Å². The maximum Gasteiger partial charge on any atom is 0.151 e. The molecule has 2 N–H and O–H groups in total. The number of likely N-dealkylation sites (tertiary alicyclic amines) is 1. The van der Waals surface area contributed by atoms with Gasteiger partial charge in [0.05, 0.1) is 18.3 Å². The molecular weight excluding hydrogens is 405 g/mol. The number of piperidine rings is 1. The molecule has 162 valence electrons. The summed E-state index contributed by atoms with van der Waals surface area (Å²) in [6.07, 6.45) is 7.61. The minimum atomic E-state index is -0.641. The van der Waals surface area contributed by atoms with E-state index in [1.807, 2.05) is 22.8 Å². The van der Waals surface area contributed by atoms with Crippen molar-refractivity contribution in [3.8, 4) is 0 Å². The molecule has 7 rings (SSSR count). The third-order valence-electron chi connectivity index (χ3n) is 8.22. The molecule has 4 heterocycles. The van der Waals surface area contributed by atoms with E-state index in [1.165, 1.54) is 12.2 Å². The summed E-state index contributed by atoms with van der Waals surface area (Å²) in [6.45, 7) is 1.95. The van der Waals surface area contributed by atoms with Crippen LogP contribution in [0.3, 0.4) is 0 Å². The highest BCUT2D eigenvalue weighted by atomic mass is 32.2. The molecule has 3 saturated heterocycles. The highest BCUT2D eigenvalue weighted by Crippen LogP contribution is 2.58. The number of hydrazine groups is 1. The van der Waals surface area contributed by atoms with Gasteiger partial charge in [0.25, 0.3) is 0 Å². The number of thioether (sulfide) groups is 1. The van der Waals surface area contributed by atoms with Crippen molar-refractivity contribution < 1.29 is 14.2 Å². The maximum atomic E-state index is 15.4. The second kappa shape index (κ2) is 6.45. The second-order valence-corrected chi connectivity index (χ2v) is 10.9. The quantitative estimate of drug-likeness (QED) is 0.683. The van der Waals surface area contributed by atoms with Crippen LogP contribution in [0.15, 0.2) is 28.7 Å². The van der Waals surface area contributed by atoms with Crippen molar-refractivity contribution in [2.75, 3.05) is 31.3 Å². The number of halogens is 1. The Morgan fingerprint density at radius 1 is 1.37 bits per heavy atom. The fraction of sp³-hybridized carbons (Fsp3) is 0.762. The zero-order chi connectivity index (χ0) is 20.0. The van der Waals surface area contributed by atoms with E-state index in [-0.39, 0.29) is 18.0 Å². The van der Waals surface area contributed by atoms with Crippen LogP contribution in [0, 0.1) is 11.8 Å². The minimum absolute atomic E-state index is 0.00190. The maximum absolute atomic E-state index is 15.4. The molecule has 7 nitrogen and oxygen atoms in total. The van der Waals surface area contributed by atoms with E-state index in [0.29, 0.717) is 44.7 Å². The lowest BCUT2D eigenvalue weighted by Crippen LogP contribution is -2.74. The zero-order valence-electron chi connectivity index (χ0n) is 16.9. The summed E-state index contributed by atoms with van der Waals surface area (Å²) < 4.78 is 21.7. The Morgan fingerprint density at radius 3 is 3.03 bits per heavy atom. The van der Waals surface area contributed by atoms with Gasteiger partial charge in [-0.3, -0.25) is 14.9 Å². The first-order chi connectivity index (χ1) is 14.6. The molecule has 4 aliphatic heterocycles. The van der Waals surface area contributed by atoms with Crippen LogP contribution in [-0.4, -0.2) is 93.6 Å². The van der Waals surface area contributed by atoms with E-state index in [1.54, 1.807) is 6.34 Å². The van der Waals surface area contributed by atoms with Gasteiger partial charge in [0.15, 0.2) is 5.72 Å². The molecule has 0 bridgehead atoms. The van der Waals surface area contributed by atoms with Crippen molar-refractivity contribution in [1.82, 2.24) is 20.2 Å². The Bertz CT molecular complexity index is 853. The molecular formula is C21H28FN5O2S. The SMILES string of the molecule is OC1CC12OC(CN1C=NCN1)CN2C1C=CC(N2C3CSCC4CC2C43)=C(F)C1. The molecule has 9 heteroatoms. The van der Waals surface area contributed by atoms with Crippen LogP contribution in [0.4, 0.5) is 4.39 Å². The van der Waals surface area contributed by atoms with Crippen LogP contribution in [0.1, 0.15) is 19.3 Å². The van der Waals surface area contributed by atoms with Crippen molar-refractivity contribution in [3.63, 3.8) is 0 Å². The van der Waals surface area contributed by atoms with Crippen molar-refractivity contribution >= 4 is 18.1 Å². The van der Waals surface area contributed by atoms with Gasteiger partial charge in [0.2, 0.25) is 0 Å². The van der Waals surface area contributed by atoms with Gasteiger partial charge in [-0.25, -0.2) is 9.82 Å². The van der Waals surface area contributed by atoms with Crippen LogP contribution in [0.5, 0.6) is 0 Å². The van der Waals surface area contributed by atoms with E-state index in [2.05, 4.69) is 26.3 Å². The number of rotatable bonds is 4. The first-order valence-corrected chi connectivity index (χ1v) is 12.4. The molecule has 2 saturated carbocycles. The fourth-order valence-corrected chi connectivity index (χ4v) is 8.10. The van der Waals surface area contributed by atoms with E-state index in [4.69, 9.17) is 4.74 Å². The summed E-state index contributed by atoms with van der Waals surface area (Å²) in [5, 5.41) is 12.3. The summed E-state index contributed by atoms with van der Waals surface area (Å²) in [6, 6.07) is 1.02. The average molecular weight is 434 g/mol. The monoisotopic (exact) mass is 433 g/mol. The molecule has 0 aromatic heterocycles. The normalized spacial score (nSPS) is 48.9. The van der Waals surface area contributed by atoms with Gasteiger partial charge in [-0.1, -0.05) is 6.08 Å². The number of aliphatic hydroxyl groups excluding tert-OH is 1. The molecule has 7 aliphatic rings. The molecule has 3 aliphatic carbocycles. The summed E-state index contributed by atoms with van der Waals surface area (Å²) in [5.41, 5.74) is 3.34. The van der Waals surface area contributed by atoms with Crippen molar-refractivity contribution in [2.24, 2.45) is 16.8 Å². The van der Waals surface area contributed by atoms with E-state index in [9.17, 15) is 5.11 Å². The topological polar surface area (TPSA) is 63.6 Å². The Balaban J connectivity index is 1.07. The van der Waals surface area contributed by atoms with Crippen LogP contribution < -0.4 is 5.43 Å². The number of allylic oxidation sites excluding steroid dienone is 1. The standard InChI is InChI=1S/C21H28FN5O2S/c22-15-4-13(1-2-16(15)27-17-3-12-8-30-9-18(27)20(12)17)26-7-14(6-25-11-23-10-24-25)29-21(26)5-19(21)28/h1-2,11-14,17-20,24,28H,3-10H2. The Kier molecular flexibility index (Phi) is 3.96. The number of aliphatic hydroxyl groups is 1.